The zero-order valence-electron chi connectivity index (χ0n) is 11.6. The van der Waals surface area contributed by atoms with E-state index in [4.69, 9.17) is 5.73 Å². The van der Waals surface area contributed by atoms with Crippen LogP contribution >= 0.6 is 0 Å². The van der Waals surface area contributed by atoms with Gasteiger partial charge in [0.05, 0.1) is 0 Å². The van der Waals surface area contributed by atoms with Gasteiger partial charge in [-0.15, -0.1) is 0 Å². The molecule has 3 nitrogen and oxygen atoms in total. The number of nitrogens with zero attached hydrogens (tertiary/aromatic N) is 2. The summed E-state index contributed by atoms with van der Waals surface area (Å²) in [5.41, 5.74) is 6.46. The normalized spacial score (nSPS) is 30.9. The molecule has 0 spiro atoms. The molecule has 0 aromatic heterocycles. The van der Waals surface area contributed by atoms with E-state index in [1.165, 1.54) is 58.3 Å². The molecule has 2 fully saturated rings. The van der Waals surface area contributed by atoms with Crippen LogP contribution < -0.4 is 5.73 Å². The lowest BCUT2D eigenvalue weighted by molar-refractivity contribution is 0.0221. The topological polar surface area (TPSA) is 32.5 Å². The van der Waals surface area contributed by atoms with Crippen LogP contribution in [0.4, 0.5) is 0 Å². The fraction of sp³-hybridized carbons (Fsp3) is 1.00. The Labute approximate surface area is 106 Å². The van der Waals surface area contributed by atoms with E-state index >= 15 is 0 Å². The summed E-state index contributed by atoms with van der Waals surface area (Å²) in [6, 6.07) is 0.747. The van der Waals surface area contributed by atoms with Crippen molar-refractivity contribution in [1.82, 2.24) is 9.80 Å². The lowest BCUT2D eigenvalue weighted by Crippen LogP contribution is -2.60. The molecule has 2 rings (SSSR count). The number of likely N-dealkylation sites (tertiary alicyclic amines) is 2. The first-order chi connectivity index (χ1) is 8.22. The monoisotopic (exact) mass is 239 g/mol. The fourth-order valence-corrected chi connectivity index (χ4v) is 3.76. The van der Waals surface area contributed by atoms with Crippen molar-refractivity contribution >= 4 is 0 Å². The van der Waals surface area contributed by atoms with Gasteiger partial charge in [-0.25, -0.2) is 0 Å². The zero-order chi connectivity index (χ0) is 12.3. The third-order valence-electron chi connectivity index (χ3n) is 4.87. The minimum absolute atomic E-state index is 0.320. The largest absolute Gasteiger partial charge is 0.329 e. The molecule has 0 saturated carbocycles. The second-order valence-electron chi connectivity index (χ2n) is 5.95. The average Bonchev–Trinajstić information content (AvgIpc) is 2.78. The van der Waals surface area contributed by atoms with Crippen LogP contribution in [-0.4, -0.2) is 54.1 Å². The molecule has 17 heavy (non-hydrogen) atoms. The van der Waals surface area contributed by atoms with Crippen molar-refractivity contribution < 1.29 is 0 Å². The highest BCUT2D eigenvalue weighted by molar-refractivity contribution is 4.99. The predicted molar refractivity (Wildman–Crippen MR) is 73.2 cm³/mol. The minimum atomic E-state index is 0.320. The van der Waals surface area contributed by atoms with Gasteiger partial charge in [0.1, 0.15) is 0 Å². The molecule has 3 heteroatoms. The van der Waals surface area contributed by atoms with Crippen LogP contribution in [0, 0.1) is 0 Å². The average molecular weight is 239 g/mol. The Balaban J connectivity index is 1.97. The number of hydrogen-bond donors (Lipinski definition) is 1. The molecule has 2 saturated heterocycles. The summed E-state index contributed by atoms with van der Waals surface area (Å²) in [5.74, 6) is 0. The third-order valence-corrected chi connectivity index (χ3v) is 4.87. The van der Waals surface area contributed by atoms with Gasteiger partial charge in [-0.05, 0) is 65.2 Å². The van der Waals surface area contributed by atoms with Crippen molar-refractivity contribution in [3.05, 3.63) is 0 Å². The molecular weight excluding hydrogens is 210 g/mol. The maximum absolute atomic E-state index is 6.14. The van der Waals surface area contributed by atoms with E-state index in [0.29, 0.717) is 5.54 Å². The predicted octanol–water partition coefficient (Wildman–Crippen LogP) is 1.67. The molecule has 100 valence electrons. The molecule has 0 radical (unpaired) electrons. The summed E-state index contributed by atoms with van der Waals surface area (Å²) in [5, 5.41) is 0. The molecular formula is C14H29N3. The molecule has 0 bridgehead atoms. The Hall–Kier alpha value is -0.120. The van der Waals surface area contributed by atoms with Crippen LogP contribution in [0.25, 0.3) is 0 Å². The first-order valence-electron chi connectivity index (χ1n) is 7.41. The molecule has 0 aromatic rings. The van der Waals surface area contributed by atoms with Gasteiger partial charge in [-0.2, -0.15) is 0 Å². The van der Waals surface area contributed by atoms with Gasteiger partial charge in [0.15, 0.2) is 0 Å². The zero-order valence-corrected chi connectivity index (χ0v) is 11.6. The van der Waals surface area contributed by atoms with Crippen LogP contribution in [0.3, 0.4) is 0 Å². The highest BCUT2D eigenvalue weighted by atomic mass is 15.3. The van der Waals surface area contributed by atoms with Crippen LogP contribution in [0.15, 0.2) is 0 Å². The highest BCUT2D eigenvalue weighted by Crippen LogP contribution is 2.34. The number of rotatable bonds is 4. The Morgan fingerprint density at radius 2 is 1.94 bits per heavy atom. The van der Waals surface area contributed by atoms with E-state index in [9.17, 15) is 0 Å². The van der Waals surface area contributed by atoms with Crippen molar-refractivity contribution in [2.45, 2.75) is 57.5 Å². The van der Waals surface area contributed by atoms with Gasteiger partial charge in [-0.3, -0.25) is 4.90 Å². The van der Waals surface area contributed by atoms with Crippen molar-refractivity contribution in [3.8, 4) is 0 Å². The molecule has 0 amide bonds. The first kappa shape index (κ1) is 13.3. The number of hydrogen-bond acceptors (Lipinski definition) is 3. The van der Waals surface area contributed by atoms with E-state index in [1.54, 1.807) is 0 Å². The van der Waals surface area contributed by atoms with Crippen molar-refractivity contribution in [2.75, 3.05) is 32.7 Å². The molecule has 1 unspecified atom stereocenters. The Kier molecular flexibility index (Phi) is 4.45. The lowest BCUT2D eigenvalue weighted by Gasteiger charge is -2.48. The fourth-order valence-electron chi connectivity index (χ4n) is 3.76. The van der Waals surface area contributed by atoms with Gasteiger partial charge < -0.3 is 10.6 Å². The highest BCUT2D eigenvalue weighted by Gasteiger charge is 2.42. The summed E-state index contributed by atoms with van der Waals surface area (Å²) in [6.45, 7) is 10.5. The Bertz CT molecular complexity index is 234. The maximum Gasteiger partial charge on any atom is 0.0358 e. The van der Waals surface area contributed by atoms with Gasteiger partial charge in [-0.1, -0.05) is 6.92 Å². The Morgan fingerprint density at radius 3 is 2.41 bits per heavy atom. The third kappa shape index (κ3) is 2.67. The van der Waals surface area contributed by atoms with Gasteiger partial charge in [0, 0.05) is 18.1 Å². The molecule has 1 atom stereocenters. The molecule has 0 aromatic carbocycles. The second kappa shape index (κ2) is 5.68. The van der Waals surface area contributed by atoms with E-state index in [2.05, 4.69) is 23.6 Å². The maximum atomic E-state index is 6.14. The standard InChI is InChI=1S/C14H29N3/c1-3-8-16-10-6-14(12-15,7-11-16)17-9-4-5-13(17)2/h13H,3-12,15H2,1-2H3. The van der Waals surface area contributed by atoms with E-state index in [1.807, 2.05) is 0 Å². The first-order valence-corrected chi connectivity index (χ1v) is 7.41. The van der Waals surface area contributed by atoms with Gasteiger partial charge in [0.2, 0.25) is 0 Å². The molecule has 2 aliphatic heterocycles. The lowest BCUT2D eigenvalue weighted by atomic mass is 9.85. The Morgan fingerprint density at radius 1 is 1.24 bits per heavy atom. The number of nitrogens with two attached hydrogens (primary N) is 1. The summed E-state index contributed by atoms with van der Waals surface area (Å²) < 4.78 is 0. The van der Waals surface area contributed by atoms with Gasteiger partial charge >= 0.3 is 0 Å². The summed E-state index contributed by atoms with van der Waals surface area (Å²) in [4.78, 5) is 5.32. The summed E-state index contributed by atoms with van der Waals surface area (Å²) in [6.07, 6.45) is 6.54. The SMILES string of the molecule is CCCN1CCC(CN)(N2CCCC2C)CC1. The van der Waals surface area contributed by atoms with Crippen LogP contribution in [0.2, 0.25) is 0 Å². The molecule has 0 aliphatic carbocycles. The smallest absolute Gasteiger partial charge is 0.0358 e. The molecule has 2 N–H and O–H groups in total. The molecule has 2 heterocycles. The van der Waals surface area contributed by atoms with Crippen LogP contribution in [-0.2, 0) is 0 Å². The summed E-state index contributed by atoms with van der Waals surface area (Å²) in [7, 11) is 0. The van der Waals surface area contributed by atoms with Crippen molar-refractivity contribution in [3.63, 3.8) is 0 Å². The van der Waals surface area contributed by atoms with Crippen molar-refractivity contribution in [1.29, 1.82) is 0 Å². The number of piperidine rings is 1. The van der Waals surface area contributed by atoms with E-state index in [-0.39, 0.29) is 0 Å². The van der Waals surface area contributed by atoms with Crippen LogP contribution in [0.5, 0.6) is 0 Å². The van der Waals surface area contributed by atoms with Crippen molar-refractivity contribution in [2.24, 2.45) is 5.73 Å². The quantitative estimate of drug-likeness (QED) is 0.810. The van der Waals surface area contributed by atoms with Crippen LogP contribution in [0.1, 0.15) is 46.0 Å². The minimum Gasteiger partial charge on any atom is -0.329 e. The molecule has 2 aliphatic rings. The van der Waals surface area contributed by atoms with E-state index < -0.39 is 0 Å². The second-order valence-corrected chi connectivity index (χ2v) is 5.95. The summed E-state index contributed by atoms with van der Waals surface area (Å²) >= 11 is 0. The van der Waals surface area contributed by atoms with Gasteiger partial charge in [0.25, 0.3) is 0 Å². The van der Waals surface area contributed by atoms with E-state index in [0.717, 1.165) is 12.6 Å².